The van der Waals surface area contributed by atoms with Crippen LogP contribution in [0.2, 0.25) is 0 Å². The van der Waals surface area contributed by atoms with E-state index in [0.717, 1.165) is 76.6 Å². The summed E-state index contributed by atoms with van der Waals surface area (Å²) in [6, 6.07) is 91.3. The molecule has 15 aromatic rings. The number of fused-ring (bicyclic) bond motifs is 4. The SMILES string of the molecule is CC1(C)c2cc(C=C(C#N)C(=O)O)ccc2-c2ccc(-c3sc4c(F)c(-c5ccc(-c6ccc(-c7ccc(-c8ccc(-c9ccc(-c%10ccc(-c%11ccc(-c%12ccc(-c%13ccc(N(c%14ccccc%14)c%14ccccc%14)cc%13)cc%12)cc%11)cc%10)s9)s8)s7)s6)s5)sc4c3F)cc21. The minimum Gasteiger partial charge on any atom is -0.477 e. The van der Waals surface area contributed by atoms with Crippen LogP contribution in [0.15, 0.2) is 260 Å². The molecule has 0 atom stereocenters. The van der Waals surface area contributed by atoms with Crippen molar-refractivity contribution in [3.8, 4) is 120 Å². The molecule has 1 aliphatic carbocycles. The molecule has 7 heterocycles. The molecule has 7 aromatic heterocycles. The quantitative estimate of drug-likeness (QED) is 0.0821. The highest BCUT2D eigenvalue weighted by Gasteiger charge is 2.36. The number of carboxylic acids is 1. The van der Waals surface area contributed by atoms with E-state index in [2.05, 4.69) is 213 Å². The van der Waals surface area contributed by atoms with Crippen molar-refractivity contribution in [3.63, 3.8) is 0 Å². The van der Waals surface area contributed by atoms with Crippen molar-refractivity contribution in [1.29, 1.82) is 5.26 Å². The molecule has 0 saturated heterocycles. The van der Waals surface area contributed by atoms with Gasteiger partial charge in [-0.05, 0) is 182 Å². The van der Waals surface area contributed by atoms with Gasteiger partial charge >= 0.3 is 5.97 Å². The number of hydrogen-bond donors (Lipinski definition) is 1. The van der Waals surface area contributed by atoms with Crippen molar-refractivity contribution in [2.24, 2.45) is 0 Å². The maximum atomic E-state index is 16.5. The lowest BCUT2D eigenvalue weighted by Crippen LogP contribution is -2.15. The summed E-state index contributed by atoms with van der Waals surface area (Å²) >= 11 is 11.0. The normalized spacial score (nSPS) is 12.5. The molecule has 0 amide bonds. The first-order chi connectivity index (χ1) is 45.9. The Labute approximate surface area is 570 Å². The Bertz CT molecular complexity index is 5420. The lowest BCUT2D eigenvalue weighted by Gasteiger charge is -2.25. The Hall–Kier alpha value is -9.72. The summed E-state index contributed by atoms with van der Waals surface area (Å²) in [6.45, 7) is 4.16. The fraction of sp³-hybridized carbons (Fsp3) is 0.0370. The van der Waals surface area contributed by atoms with E-state index in [4.69, 9.17) is 0 Å². The van der Waals surface area contributed by atoms with Crippen LogP contribution in [-0.4, -0.2) is 11.1 Å². The number of benzene rings is 8. The molecule has 0 aliphatic heterocycles. The molecule has 0 saturated carbocycles. The van der Waals surface area contributed by atoms with Gasteiger partial charge in [0, 0.05) is 71.2 Å². The summed E-state index contributed by atoms with van der Waals surface area (Å²) in [6.07, 6.45) is 1.37. The fourth-order valence-corrected chi connectivity index (χ4v) is 20.4. The van der Waals surface area contributed by atoms with Crippen LogP contribution >= 0.6 is 79.4 Å². The number of carbonyl (C=O) groups is 1. The van der Waals surface area contributed by atoms with E-state index in [1.165, 1.54) is 90.5 Å². The molecule has 0 spiro atoms. The van der Waals surface area contributed by atoms with Crippen LogP contribution in [0.3, 0.4) is 0 Å². The van der Waals surface area contributed by atoms with Gasteiger partial charge in [0.05, 0.1) is 19.2 Å². The summed E-state index contributed by atoms with van der Waals surface area (Å²) < 4.78 is 33.7. The third-order valence-corrected chi connectivity index (χ3v) is 26.3. The molecule has 0 fully saturated rings. The largest absolute Gasteiger partial charge is 0.477 e. The van der Waals surface area contributed by atoms with E-state index in [9.17, 15) is 15.2 Å². The highest BCUT2D eigenvalue weighted by Crippen LogP contribution is 2.54. The summed E-state index contributed by atoms with van der Waals surface area (Å²) in [7, 11) is 0. The Kier molecular flexibility index (Phi) is 15.3. The van der Waals surface area contributed by atoms with Gasteiger partial charge in [-0.15, -0.1) is 79.4 Å². The van der Waals surface area contributed by atoms with E-state index < -0.39 is 23.0 Å². The maximum absolute atomic E-state index is 16.5. The van der Waals surface area contributed by atoms with E-state index in [1.807, 2.05) is 77.3 Å². The summed E-state index contributed by atoms with van der Waals surface area (Å²) in [5.74, 6) is -2.10. The average Bonchev–Trinajstić information content (AvgIpc) is 1.57. The van der Waals surface area contributed by atoms with Crippen LogP contribution in [0.1, 0.15) is 30.5 Å². The van der Waals surface area contributed by atoms with E-state index in [1.54, 1.807) is 34.8 Å². The number of aliphatic carboxylic acids is 1. The molecule has 8 aromatic carbocycles. The third kappa shape index (κ3) is 10.9. The first-order valence-electron chi connectivity index (χ1n) is 30.3. The van der Waals surface area contributed by atoms with Crippen LogP contribution in [0.5, 0.6) is 0 Å². The van der Waals surface area contributed by atoms with Gasteiger partial charge in [-0.1, -0.05) is 166 Å². The predicted octanol–water partition coefficient (Wildman–Crippen LogP) is 26.0. The number of para-hydroxylation sites is 2. The number of thiophene rings is 7. The highest BCUT2D eigenvalue weighted by molar-refractivity contribution is 7.33. The Morgan fingerprint density at radius 3 is 1.18 bits per heavy atom. The average molecular weight is 1350 g/mol. The van der Waals surface area contributed by atoms with Gasteiger partial charge in [-0.3, -0.25) is 0 Å². The standard InChI is InChI=1S/C81H50F2N2O2S7/c1-81(2)62-44-47(43-56(46-84)80(86)87)13-31-60(62)61-32-28-55(45-63(61)81)76-74(82)78-79(93-76)75(83)77(94-78)73-42-41-72(92-73)71-40-39-70(91-71)69-38-37-68(90-69)67-36-35-66(89-67)65-34-33-64(88-65)54-24-22-52(23-25-54)50-16-14-48(15-17-50)49-18-20-51(21-19-49)53-26-29-59(30-27-53)85(57-9-5-3-6-10-57)58-11-7-4-8-12-58/h3-45H,1-2H3,(H,86,87). The Morgan fingerprint density at radius 2 is 0.734 bits per heavy atom. The van der Waals surface area contributed by atoms with Crippen molar-refractivity contribution in [1.82, 2.24) is 0 Å². The van der Waals surface area contributed by atoms with Gasteiger partial charge in [0.25, 0.3) is 0 Å². The molecular weight excluding hydrogens is 1300 g/mol. The zero-order chi connectivity index (χ0) is 63.8. The lowest BCUT2D eigenvalue weighted by molar-refractivity contribution is -0.132. The predicted molar refractivity (Wildman–Crippen MR) is 397 cm³/mol. The van der Waals surface area contributed by atoms with Gasteiger partial charge in [-0.2, -0.15) is 5.26 Å². The number of anilines is 3. The number of nitrogens with zero attached hydrogens (tertiary/aromatic N) is 2. The van der Waals surface area contributed by atoms with Crippen LogP contribution in [-0.2, 0) is 10.2 Å². The summed E-state index contributed by atoms with van der Waals surface area (Å²) in [4.78, 5) is 26.1. The van der Waals surface area contributed by atoms with Crippen molar-refractivity contribution >= 4 is 118 Å². The molecule has 1 aliphatic rings. The molecule has 94 heavy (non-hydrogen) atoms. The van der Waals surface area contributed by atoms with Crippen molar-refractivity contribution < 1.29 is 18.7 Å². The first kappa shape index (κ1) is 59.3. The minimum atomic E-state index is -1.28. The smallest absolute Gasteiger partial charge is 0.346 e. The zero-order valence-electron chi connectivity index (χ0n) is 50.2. The molecule has 0 bridgehead atoms. The molecule has 0 unspecified atom stereocenters. The second-order valence-electron chi connectivity index (χ2n) is 23.4. The number of carboxylic acid groups (broad SMARTS) is 1. The van der Waals surface area contributed by atoms with Crippen LogP contribution < -0.4 is 4.90 Å². The molecular formula is C81H50F2N2O2S7. The highest BCUT2D eigenvalue weighted by atomic mass is 32.1. The molecule has 1 N–H and O–H groups in total. The Morgan fingerprint density at radius 1 is 0.394 bits per heavy atom. The lowest BCUT2D eigenvalue weighted by atomic mass is 9.81. The van der Waals surface area contributed by atoms with Gasteiger partial charge in [0.1, 0.15) is 11.6 Å². The number of nitriles is 1. The molecule has 0 radical (unpaired) electrons. The van der Waals surface area contributed by atoms with Crippen LogP contribution in [0.4, 0.5) is 25.8 Å². The monoisotopic (exact) mass is 1340 g/mol. The fourth-order valence-electron chi connectivity index (χ4n) is 12.5. The van der Waals surface area contributed by atoms with Crippen LogP contribution in [0.25, 0.3) is 130 Å². The topological polar surface area (TPSA) is 64.3 Å². The van der Waals surface area contributed by atoms with E-state index in [0.29, 0.717) is 30.3 Å². The first-order valence-corrected chi connectivity index (χ1v) is 36.0. The molecule has 16 rings (SSSR count). The zero-order valence-corrected chi connectivity index (χ0v) is 55.9. The van der Waals surface area contributed by atoms with Crippen molar-refractivity contribution in [3.05, 3.63) is 289 Å². The van der Waals surface area contributed by atoms with Gasteiger partial charge < -0.3 is 10.0 Å². The molecule has 452 valence electrons. The second-order valence-corrected chi connectivity index (χ2v) is 30.9. The number of rotatable bonds is 15. The van der Waals surface area contributed by atoms with E-state index >= 15 is 8.78 Å². The van der Waals surface area contributed by atoms with Gasteiger partial charge in [0.2, 0.25) is 0 Å². The maximum Gasteiger partial charge on any atom is 0.346 e. The molecule has 13 heteroatoms. The second kappa shape index (κ2) is 24.3. The number of hydrogen-bond acceptors (Lipinski definition) is 10. The number of halogens is 2. The van der Waals surface area contributed by atoms with Crippen molar-refractivity contribution in [2.75, 3.05) is 4.90 Å². The Balaban J connectivity index is 0.550. The van der Waals surface area contributed by atoms with Crippen molar-refractivity contribution in [2.45, 2.75) is 19.3 Å². The van der Waals surface area contributed by atoms with Gasteiger partial charge in [0.15, 0.2) is 11.6 Å². The summed E-state index contributed by atoms with van der Waals surface area (Å²) in [5.41, 5.74) is 16.0. The molecule has 4 nitrogen and oxygen atoms in total. The minimum absolute atomic E-state index is 0.313. The van der Waals surface area contributed by atoms with Crippen LogP contribution in [0, 0.1) is 23.0 Å². The summed E-state index contributed by atoms with van der Waals surface area (Å²) in [5, 5.41) is 18.8. The third-order valence-electron chi connectivity index (χ3n) is 17.4. The van der Waals surface area contributed by atoms with E-state index in [-0.39, 0.29) is 5.57 Å². The van der Waals surface area contributed by atoms with Gasteiger partial charge in [-0.25, -0.2) is 13.6 Å².